The molecular formula is C17H12ClNO3. The van der Waals surface area contributed by atoms with Crippen LogP contribution in [0.1, 0.15) is 11.1 Å². The van der Waals surface area contributed by atoms with Crippen LogP contribution < -0.4 is 4.74 Å². The van der Waals surface area contributed by atoms with Crippen molar-refractivity contribution < 1.29 is 14.4 Å². The van der Waals surface area contributed by atoms with Gasteiger partial charge in [0.2, 0.25) is 0 Å². The quantitative estimate of drug-likeness (QED) is 0.641. The topological polar surface area (TPSA) is 47.9 Å². The second-order valence-corrected chi connectivity index (χ2v) is 5.04. The van der Waals surface area contributed by atoms with Gasteiger partial charge in [-0.05, 0) is 23.8 Å². The first-order chi connectivity index (χ1) is 10.7. The zero-order chi connectivity index (χ0) is 15.5. The normalized spacial score (nSPS) is 15.6. The van der Waals surface area contributed by atoms with E-state index in [1.165, 1.54) is 0 Å². The molecule has 0 radical (unpaired) electrons. The van der Waals surface area contributed by atoms with Crippen LogP contribution in [0.3, 0.4) is 0 Å². The maximum Gasteiger partial charge on any atom is 0.368 e. The minimum Gasteiger partial charge on any atom is -0.495 e. The highest BCUT2D eigenvalue weighted by Crippen LogP contribution is 2.27. The average molecular weight is 314 g/mol. The predicted octanol–water partition coefficient (Wildman–Crippen LogP) is 3.69. The van der Waals surface area contributed by atoms with E-state index in [1.54, 1.807) is 25.3 Å². The molecule has 2 aromatic rings. The van der Waals surface area contributed by atoms with Gasteiger partial charge in [0.15, 0.2) is 0 Å². The van der Waals surface area contributed by atoms with E-state index in [4.69, 9.17) is 21.2 Å². The van der Waals surface area contributed by atoms with Crippen molar-refractivity contribution in [3.8, 4) is 5.75 Å². The summed E-state index contributed by atoms with van der Waals surface area (Å²) in [5.41, 5.74) is 2.49. The molecule has 0 saturated carbocycles. The fourth-order valence-corrected chi connectivity index (χ4v) is 2.42. The molecule has 1 heterocycles. The first kappa shape index (κ1) is 14.4. The number of benzene rings is 2. The van der Waals surface area contributed by atoms with Crippen molar-refractivity contribution in [3.05, 3.63) is 70.3 Å². The summed E-state index contributed by atoms with van der Waals surface area (Å²) in [4.78, 5) is 16.7. The fraction of sp³-hybridized carbons (Fsp3) is 0.0588. The van der Waals surface area contributed by atoms with Gasteiger partial charge < -0.3 is 9.57 Å². The second-order valence-electron chi connectivity index (χ2n) is 4.64. The molecule has 0 saturated heterocycles. The number of hydrogen-bond acceptors (Lipinski definition) is 4. The zero-order valence-electron chi connectivity index (χ0n) is 11.7. The van der Waals surface area contributed by atoms with Gasteiger partial charge in [-0.3, -0.25) is 0 Å². The van der Waals surface area contributed by atoms with Gasteiger partial charge in [0, 0.05) is 5.56 Å². The third kappa shape index (κ3) is 2.73. The molecular weight excluding hydrogens is 302 g/mol. The second kappa shape index (κ2) is 6.03. The van der Waals surface area contributed by atoms with E-state index in [0.717, 1.165) is 11.1 Å². The SMILES string of the molecule is COc1ccc(/C=C2\C(=O)ON=C2c2ccccc2)cc1Cl. The minimum absolute atomic E-state index is 0.396. The highest BCUT2D eigenvalue weighted by Gasteiger charge is 2.26. The standard InChI is InChI=1S/C17H12ClNO3/c1-21-15-8-7-11(10-14(15)18)9-13-16(19-22-17(13)20)12-5-3-2-4-6-12/h2-10H,1H3/b13-9-. The molecule has 0 bridgehead atoms. The Kier molecular flexibility index (Phi) is 3.94. The molecule has 0 aliphatic carbocycles. The van der Waals surface area contributed by atoms with Gasteiger partial charge in [-0.15, -0.1) is 0 Å². The van der Waals surface area contributed by atoms with Crippen LogP contribution >= 0.6 is 11.6 Å². The Morgan fingerprint density at radius 1 is 1.18 bits per heavy atom. The average Bonchev–Trinajstić information content (AvgIpc) is 2.89. The summed E-state index contributed by atoms with van der Waals surface area (Å²) in [7, 11) is 1.55. The molecule has 1 aliphatic heterocycles. The van der Waals surface area contributed by atoms with Crippen LogP contribution in [0, 0.1) is 0 Å². The van der Waals surface area contributed by atoms with Gasteiger partial charge in [0.25, 0.3) is 0 Å². The van der Waals surface area contributed by atoms with Crippen LogP contribution in [0.25, 0.3) is 6.08 Å². The maximum absolute atomic E-state index is 11.9. The van der Waals surface area contributed by atoms with Crippen LogP contribution in [0.5, 0.6) is 5.75 Å². The molecule has 0 fully saturated rings. The third-order valence-corrected chi connectivity index (χ3v) is 3.52. The number of halogens is 1. The molecule has 3 rings (SSSR count). The van der Waals surface area contributed by atoms with Gasteiger partial charge in [0.1, 0.15) is 11.5 Å². The fourth-order valence-electron chi connectivity index (χ4n) is 2.15. The molecule has 0 aromatic heterocycles. The Morgan fingerprint density at radius 3 is 2.64 bits per heavy atom. The lowest BCUT2D eigenvalue weighted by atomic mass is 10.0. The van der Waals surface area contributed by atoms with Crippen LogP contribution in [0.4, 0.5) is 0 Å². The lowest BCUT2D eigenvalue weighted by Gasteiger charge is -2.04. The van der Waals surface area contributed by atoms with Crippen molar-refractivity contribution in [2.45, 2.75) is 0 Å². The monoisotopic (exact) mass is 313 g/mol. The van der Waals surface area contributed by atoms with Gasteiger partial charge in [-0.25, -0.2) is 4.79 Å². The number of hydrogen-bond donors (Lipinski definition) is 0. The molecule has 0 N–H and O–H groups in total. The molecule has 4 nitrogen and oxygen atoms in total. The van der Waals surface area contributed by atoms with Crippen LogP contribution in [-0.2, 0) is 9.63 Å². The predicted molar refractivity (Wildman–Crippen MR) is 85.1 cm³/mol. The molecule has 0 spiro atoms. The Labute approximate surface area is 132 Å². The smallest absolute Gasteiger partial charge is 0.368 e. The van der Waals surface area contributed by atoms with E-state index >= 15 is 0 Å². The molecule has 5 heteroatoms. The van der Waals surface area contributed by atoms with Gasteiger partial charge >= 0.3 is 5.97 Å². The molecule has 2 aromatic carbocycles. The molecule has 0 unspecified atom stereocenters. The summed E-state index contributed by atoms with van der Waals surface area (Å²) >= 11 is 6.10. The molecule has 1 aliphatic rings. The highest BCUT2D eigenvalue weighted by atomic mass is 35.5. The number of ether oxygens (including phenoxy) is 1. The molecule has 110 valence electrons. The number of oxime groups is 1. The van der Waals surface area contributed by atoms with E-state index < -0.39 is 5.97 Å². The van der Waals surface area contributed by atoms with Crippen molar-refractivity contribution in [2.75, 3.05) is 7.11 Å². The summed E-state index contributed by atoms with van der Waals surface area (Å²) in [6.45, 7) is 0. The molecule has 0 amide bonds. The van der Waals surface area contributed by atoms with Crippen molar-refractivity contribution >= 4 is 29.4 Å². The number of methoxy groups -OCH3 is 1. The van der Waals surface area contributed by atoms with E-state index in [1.807, 2.05) is 36.4 Å². The van der Waals surface area contributed by atoms with E-state index in [-0.39, 0.29) is 0 Å². The van der Waals surface area contributed by atoms with Gasteiger partial charge in [-0.1, -0.05) is 53.2 Å². The lowest BCUT2D eigenvalue weighted by Crippen LogP contribution is -2.06. The van der Waals surface area contributed by atoms with E-state index in [9.17, 15) is 4.79 Å². The van der Waals surface area contributed by atoms with Crippen LogP contribution in [0.15, 0.2) is 59.3 Å². The van der Waals surface area contributed by atoms with Gasteiger partial charge in [0.05, 0.1) is 17.7 Å². The third-order valence-electron chi connectivity index (χ3n) is 3.23. The van der Waals surface area contributed by atoms with Gasteiger partial charge in [-0.2, -0.15) is 0 Å². The first-order valence-corrected chi connectivity index (χ1v) is 6.97. The summed E-state index contributed by atoms with van der Waals surface area (Å²) in [5.74, 6) is 0.0977. The van der Waals surface area contributed by atoms with Crippen molar-refractivity contribution in [1.29, 1.82) is 0 Å². The molecule has 0 atom stereocenters. The summed E-state index contributed by atoms with van der Waals surface area (Å²) in [6.07, 6.45) is 1.70. The Morgan fingerprint density at radius 2 is 1.95 bits per heavy atom. The van der Waals surface area contributed by atoms with E-state index in [0.29, 0.717) is 22.1 Å². The number of nitrogens with zero attached hydrogens (tertiary/aromatic N) is 1. The lowest BCUT2D eigenvalue weighted by molar-refractivity contribution is -0.136. The first-order valence-electron chi connectivity index (χ1n) is 6.59. The summed E-state index contributed by atoms with van der Waals surface area (Å²) in [5, 5.41) is 4.34. The number of carbonyl (C=O) groups excluding carboxylic acids is 1. The largest absolute Gasteiger partial charge is 0.495 e. The Balaban J connectivity index is 2.00. The van der Waals surface area contributed by atoms with Crippen molar-refractivity contribution in [1.82, 2.24) is 0 Å². The Hall–Kier alpha value is -2.59. The minimum atomic E-state index is -0.481. The number of rotatable bonds is 3. The molecule has 22 heavy (non-hydrogen) atoms. The van der Waals surface area contributed by atoms with Crippen LogP contribution in [-0.4, -0.2) is 18.8 Å². The maximum atomic E-state index is 11.9. The van der Waals surface area contributed by atoms with E-state index in [2.05, 4.69) is 5.16 Å². The highest BCUT2D eigenvalue weighted by molar-refractivity contribution is 6.33. The summed E-state index contributed by atoms with van der Waals surface area (Å²) < 4.78 is 5.11. The summed E-state index contributed by atoms with van der Waals surface area (Å²) in [6, 6.07) is 14.7. The van der Waals surface area contributed by atoms with Crippen molar-refractivity contribution in [2.24, 2.45) is 5.16 Å². The zero-order valence-corrected chi connectivity index (χ0v) is 12.5. The number of carbonyl (C=O) groups is 1. The Bertz CT molecular complexity index is 782. The van der Waals surface area contributed by atoms with Crippen molar-refractivity contribution in [3.63, 3.8) is 0 Å². The van der Waals surface area contributed by atoms with Crippen LogP contribution in [0.2, 0.25) is 5.02 Å².